The maximum Gasteiger partial charge on any atom is 0.265 e. The number of carbonyl (C=O) groups is 1. The fraction of sp³-hybridized carbons (Fsp3) is 0.316. The Labute approximate surface area is 180 Å². The smallest absolute Gasteiger partial charge is 0.265 e. The van der Waals surface area contributed by atoms with Gasteiger partial charge in [0.1, 0.15) is 10.6 Å². The molecule has 0 spiro atoms. The van der Waals surface area contributed by atoms with E-state index < -0.39 is 32.0 Å². The molecule has 0 aromatic heterocycles. The van der Waals surface area contributed by atoms with Crippen LogP contribution in [0.2, 0.25) is 0 Å². The van der Waals surface area contributed by atoms with Gasteiger partial charge in [0.05, 0.1) is 30.8 Å². The van der Waals surface area contributed by atoms with Crippen LogP contribution in [0.1, 0.15) is 6.92 Å². The molecule has 1 amide bonds. The summed E-state index contributed by atoms with van der Waals surface area (Å²) in [6.07, 6.45) is -1.01. The van der Waals surface area contributed by atoms with Gasteiger partial charge in [0, 0.05) is 24.0 Å². The number of sulfonamides is 1. The second-order valence-electron chi connectivity index (χ2n) is 7.12. The lowest BCUT2D eigenvalue weighted by molar-refractivity contribution is -0.114. The number of aliphatic hydroxyl groups is 1. The molecule has 1 fully saturated rings. The molecule has 2 aromatic carbocycles. The summed E-state index contributed by atoms with van der Waals surface area (Å²) in [6, 6.07) is 9.76. The van der Waals surface area contributed by atoms with Crippen LogP contribution in [0.15, 0.2) is 47.4 Å². The number of nitrogens with one attached hydrogen (secondary N) is 3. The Morgan fingerprint density at radius 2 is 1.68 bits per heavy atom. The van der Waals surface area contributed by atoms with Crippen LogP contribution in [0.25, 0.3) is 0 Å². The van der Waals surface area contributed by atoms with Crippen LogP contribution >= 0.6 is 0 Å². The summed E-state index contributed by atoms with van der Waals surface area (Å²) in [5.74, 6) is -0.699. The summed E-state index contributed by atoms with van der Waals surface area (Å²) in [4.78, 5) is 11.1. The van der Waals surface area contributed by atoms with Crippen molar-refractivity contribution in [3.8, 4) is 5.75 Å². The molecule has 2 aromatic rings. The lowest BCUT2D eigenvalue weighted by Gasteiger charge is -2.17. The fourth-order valence-electron chi connectivity index (χ4n) is 3.19. The summed E-state index contributed by atoms with van der Waals surface area (Å²) in [6.45, 7) is 1.31. The van der Waals surface area contributed by atoms with E-state index in [1.54, 1.807) is 12.1 Å². The van der Waals surface area contributed by atoms with Crippen molar-refractivity contribution in [2.24, 2.45) is 0 Å². The van der Waals surface area contributed by atoms with Gasteiger partial charge in [-0.15, -0.1) is 0 Å². The van der Waals surface area contributed by atoms with E-state index in [4.69, 9.17) is 4.74 Å². The summed E-state index contributed by atoms with van der Waals surface area (Å²) in [5.41, 5.74) is 1.10. The minimum atomic E-state index is -4.04. The van der Waals surface area contributed by atoms with Crippen molar-refractivity contribution in [3.05, 3.63) is 42.5 Å². The molecule has 168 valence electrons. The predicted molar refractivity (Wildman–Crippen MR) is 117 cm³/mol. The zero-order valence-electron chi connectivity index (χ0n) is 16.8. The van der Waals surface area contributed by atoms with Gasteiger partial charge in [0.2, 0.25) is 5.91 Å². The van der Waals surface area contributed by atoms with Crippen LogP contribution in [-0.4, -0.2) is 58.6 Å². The number of hydrogen-bond donors (Lipinski definition) is 4. The zero-order chi connectivity index (χ0) is 22.8. The van der Waals surface area contributed by atoms with E-state index in [0.717, 1.165) is 0 Å². The molecule has 0 bridgehead atoms. The second kappa shape index (κ2) is 8.73. The molecule has 12 heteroatoms. The molecule has 0 unspecified atom stereocenters. The number of anilines is 3. The van der Waals surface area contributed by atoms with E-state index >= 15 is 0 Å². The quantitative estimate of drug-likeness (QED) is 0.469. The zero-order valence-corrected chi connectivity index (χ0v) is 18.5. The monoisotopic (exact) mass is 469 g/mol. The van der Waals surface area contributed by atoms with Crippen LogP contribution < -0.4 is 20.1 Å². The molecule has 4 N–H and O–H groups in total. The number of carbonyl (C=O) groups excluding carboxylic acids is 1. The molecule has 1 aliphatic heterocycles. The molecular weight excluding hydrogens is 446 g/mol. The summed E-state index contributed by atoms with van der Waals surface area (Å²) in [5, 5.41) is 15.3. The first-order valence-corrected chi connectivity index (χ1v) is 12.5. The van der Waals surface area contributed by atoms with E-state index in [1.807, 2.05) is 0 Å². The van der Waals surface area contributed by atoms with Gasteiger partial charge in [0.25, 0.3) is 10.0 Å². The standard InChI is InChI=1S/C19H23N3O7S2/c1-12(23)20-15-7-8-18(29-2)19(9-15)31(27,28)22-14-5-3-13(4-6-14)21-16-10-30(25,26)11-17(16)24/h3-9,16-17,21-22,24H,10-11H2,1-2H3,(H,20,23)/t16-,17+/m1/s1. The molecule has 2 atom stereocenters. The third kappa shape index (κ3) is 5.66. The topological polar surface area (TPSA) is 151 Å². The maximum absolute atomic E-state index is 12.9. The van der Waals surface area contributed by atoms with Crippen LogP contribution in [0.5, 0.6) is 5.75 Å². The summed E-state index contributed by atoms with van der Waals surface area (Å²) in [7, 11) is -5.99. The Kier molecular flexibility index (Phi) is 6.43. The summed E-state index contributed by atoms with van der Waals surface area (Å²) < 4.78 is 56.6. The van der Waals surface area contributed by atoms with Gasteiger partial charge in [-0.3, -0.25) is 9.52 Å². The van der Waals surface area contributed by atoms with Crippen LogP contribution in [0, 0.1) is 0 Å². The lowest BCUT2D eigenvalue weighted by Crippen LogP contribution is -2.31. The highest BCUT2D eigenvalue weighted by Gasteiger charge is 2.36. The van der Waals surface area contributed by atoms with Gasteiger partial charge in [-0.05, 0) is 42.5 Å². The normalized spacial score (nSPS) is 20.1. The third-order valence-electron chi connectivity index (χ3n) is 4.59. The molecule has 31 heavy (non-hydrogen) atoms. The van der Waals surface area contributed by atoms with E-state index in [0.29, 0.717) is 11.4 Å². The molecule has 0 saturated carbocycles. The predicted octanol–water partition coefficient (Wildman–Crippen LogP) is 1.02. The van der Waals surface area contributed by atoms with E-state index in [9.17, 15) is 26.7 Å². The third-order valence-corrected chi connectivity index (χ3v) is 7.70. The SMILES string of the molecule is COc1ccc(NC(C)=O)cc1S(=O)(=O)Nc1ccc(N[C@@H]2CS(=O)(=O)C[C@@H]2O)cc1. The van der Waals surface area contributed by atoms with Crippen LogP contribution in [0.3, 0.4) is 0 Å². The highest BCUT2D eigenvalue weighted by atomic mass is 32.2. The van der Waals surface area contributed by atoms with Gasteiger partial charge in [0.15, 0.2) is 9.84 Å². The van der Waals surface area contributed by atoms with Crippen molar-refractivity contribution in [1.82, 2.24) is 0 Å². The van der Waals surface area contributed by atoms with Gasteiger partial charge in [-0.1, -0.05) is 0 Å². The average molecular weight is 470 g/mol. The fourth-order valence-corrected chi connectivity index (χ4v) is 6.19. The Morgan fingerprint density at radius 3 is 2.23 bits per heavy atom. The van der Waals surface area contributed by atoms with Gasteiger partial charge < -0.3 is 20.5 Å². The highest BCUT2D eigenvalue weighted by Crippen LogP contribution is 2.29. The molecule has 3 rings (SSSR count). The van der Waals surface area contributed by atoms with Crippen molar-refractivity contribution in [2.45, 2.75) is 24.0 Å². The second-order valence-corrected chi connectivity index (χ2v) is 10.9. The first-order chi connectivity index (χ1) is 14.5. The Balaban J connectivity index is 1.77. The first kappa shape index (κ1) is 22.8. The van der Waals surface area contributed by atoms with Crippen molar-refractivity contribution in [1.29, 1.82) is 0 Å². The van der Waals surface area contributed by atoms with Crippen molar-refractivity contribution >= 4 is 42.8 Å². The summed E-state index contributed by atoms with van der Waals surface area (Å²) >= 11 is 0. The Hall–Kier alpha value is -2.83. The van der Waals surface area contributed by atoms with Crippen molar-refractivity contribution in [2.75, 3.05) is 34.0 Å². The number of amides is 1. The minimum absolute atomic E-state index is 0.108. The molecule has 0 aliphatic carbocycles. The molecule has 10 nitrogen and oxygen atoms in total. The van der Waals surface area contributed by atoms with Crippen molar-refractivity contribution < 1.29 is 31.5 Å². The first-order valence-electron chi connectivity index (χ1n) is 9.22. The number of ether oxygens (including phenoxy) is 1. The number of sulfone groups is 1. The van der Waals surface area contributed by atoms with E-state index in [2.05, 4.69) is 15.4 Å². The molecule has 1 saturated heterocycles. The number of aliphatic hydroxyl groups excluding tert-OH is 1. The number of rotatable bonds is 7. The van der Waals surface area contributed by atoms with E-state index in [-0.39, 0.29) is 33.7 Å². The molecular formula is C19H23N3O7S2. The highest BCUT2D eigenvalue weighted by molar-refractivity contribution is 7.93. The van der Waals surface area contributed by atoms with Gasteiger partial charge >= 0.3 is 0 Å². The van der Waals surface area contributed by atoms with Crippen LogP contribution in [0.4, 0.5) is 17.1 Å². The van der Waals surface area contributed by atoms with Gasteiger partial charge in [-0.2, -0.15) is 0 Å². The average Bonchev–Trinajstić information content (AvgIpc) is 2.94. The minimum Gasteiger partial charge on any atom is -0.495 e. The Bertz CT molecular complexity index is 1180. The van der Waals surface area contributed by atoms with Gasteiger partial charge in [-0.25, -0.2) is 16.8 Å². The largest absolute Gasteiger partial charge is 0.495 e. The molecule has 1 aliphatic rings. The number of hydrogen-bond acceptors (Lipinski definition) is 8. The number of methoxy groups -OCH3 is 1. The van der Waals surface area contributed by atoms with Crippen LogP contribution in [-0.2, 0) is 24.7 Å². The Morgan fingerprint density at radius 1 is 1.06 bits per heavy atom. The molecule has 1 heterocycles. The maximum atomic E-state index is 12.9. The number of benzene rings is 2. The van der Waals surface area contributed by atoms with E-state index in [1.165, 1.54) is 44.4 Å². The lowest BCUT2D eigenvalue weighted by atomic mass is 10.2. The molecule has 0 radical (unpaired) electrons. The van der Waals surface area contributed by atoms with Crippen molar-refractivity contribution in [3.63, 3.8) is 0 Å².